The molecular formula is C38H27N3S. The van der Waals surface area contributed by atoms with Crippen molar-refractivity contribution in [2.75, 3.05) is 15.5 Å². The maximum Gasteiger partial charge on any atom is 0.0647 e. The molecule has 2 heterocycles. The number of hydrogen-bond donors (Lipinski definition) is 2. The number of rotatable bonds is 5. The van der Waals surface area contributed by atoms with Gasteiger partial charge in [0.05, 0.1) is 11.4 Å². The van der Waals surface area contributed by atoms with Gasteiger partial charge in [0.1, 0.15) is 0 Å². The molecule has 8 rings (SSSR count). The molecule has 200 valence electrons. The summed E-state index contributed by atoms with van der Waals surface area (Å²) in [5, 5.41) is 13.3. The van der Waals surface area contributed by atoms with Gasteiger partial charge in [0.25, 0.3) is 0 Å². The SMILES string of the molecule is C1=Cc2c(Nc3ccc4c(N(c5ccccc5)c5cccc6ccccc56)csc4c3)cccc2Nc2ccccc21. The van der Waals surface area contributed by atoms with Crippen LogP contribution in [0, 0.1) is 0 Å². The average Bonchev–Trinajstić information content (AvgIpc) is 3.34. The van der Waals surface area contributed by atoms with Crippen molar-refractivity contribution in [3.8, 4) is 0 Å². The molecule has 0 atom stereocenters. The van der Waals surface area contributed by atoms with Gasteiger partial charge >= 0.3 is 0 Å². The van der Waals surface area contributed by atoms with E-state index in [4.69, 9.17) is 0 Å². The molecule has 0 saturated carbocycles. The standard InChI is InChI=1S/C38H27N3S/c1-2-13-29(14-3-1)41(36-19-8-12-26-10-4-6-15-30(26)36)37-25-42-38-24-28(21-23-32(37)38)39-34-17-9-18-35-31(34)22-20-27-11-5-7-16-33(27)40-35/h1-25,39-40H. The van der Waals surface area contributed by atoms with Gasteiger partial charge in [-0.3, -0.25) is 0 Å². The maximum absolute atomic E-state index is 3.71. The van der Waals surface area contributed by atoms with Crippen molar-refractivity contribution < 1.29 is 0 Å². The van der Waals surface area contributed by atoms with Gasteiger partial charge < -0.3 is 15.5 Å². The Morgan fingerprint density at radius 3 is 2.33 bits per heavy atom. The van der Waals surface area contributed by atoms with Crippen LogP contribution < -0.4 is 15.5 Å². The highest BCUT2D eigenvalue weighted by Crippen LogP contribution is 2.45. The van der Waals surface area contributed by atoms with Gasteiger partial charge in [0, 0.05) is 54.9 Å². The Bertz CT molecular complexity index is 2100. The molecule has 0 amide bonds. The maximum atomic E-state index is 3.71. The average molecular weight is 558 g/mol. The van der Waals surface area contributed by atoms with Crippen LogP contribution in [0.15, 0.2) is 139 Å². The third-order valence-electron chi connectivity index (χ3n) is 7.86. The molecule has 0 radical (unpaired) electrons. The number of thiophene rings is 1. The summed E-state index contributed by atoms with van der Waals surface area (Å²) < 4.78 is 1.24. The molecule has 4 heteroatoms. The number of fused-ring (bicyclic) bond motifs is 4. The lowest BCUT2D eigenvalue weighted by Gasteiger charge is -2.26. The second-order valence-corrected chi connectivity index (χ2v) is 11.3. The Balaban J connectivity index is 1.19. The summed E-state index contributed by atoms with van der Waals surface area (Å²) in [6.45, 7) is 0. The van der Waals surface area contributed by atoms with E-state index >= 15 is 0 Å². The molecule has 1 aliphatic rings. The van der Waals surface area contributed by atoms with Crippen LogP contribution in [-0.2, 0) is 0 Å². The van der Waals surface area contributed by atoms with E-state index in [1.165, 1.54) is 37.8 Å². The molecule has 0 aliphatic carbocycles. The summed E-state index contributed by atoms with van der Waals surface area (Å²) in [5.74, 6) is 0. The molecule has 0 unspecified atom stereocenters. The lowest BCUT2D eigenvalue weighted by molar-refractivity contribution is 1.32. The van der Waals surface area contributed by atoms with E-state index in [-0.39, 0.29) is 0 Å². The third-order valence-corrected chi connectivity index (χ3v) is 8.80. The lowest BCUT2D eigenvalue weighted by atomic mass is 10.1. The summed E-state index contributed by atoms with van der Waals surface area (Å²) in [4.78, 5) is 2.39. The van der Waals surface area contributed by atoms with Crippen LogP contribution in [0.1, 0.15) is 11.1 Å². The van der Waals surface area contributed by atoms with Crippen LogP contribution >= 0.6 is 11.3 Å². The highest BCUT2D eigenvalue weighted by Gasteiger charge is 2.19. The molecule has 2 N–H and O–H groups in total. The van der Waals surface area contributed by atoms with Crippen LogP contribution in [-0.4, -0.2) is 0 Å². The predicted molar refractivity (Wildman–Crippen MR) is 182 cm³/mol. The molecule has 0 spiro atoms. The van der Waals surface area contributed by atoms with Crippen molar-refractivity contribution in [3.05, 3.63) is 150 Å². The van der Waals surface area contributed by atoms with E-state index in [9.17, 15) is 0 Å². The zero-order valence-electron chi connectivity index (χ0n) is 22.8. The van der Waals surface area contributed by atoms with Crippen LogP contribution in [0.4, 0.5) is 39.8 Å². The van der Waals surface area contributed by atoms with Crippen molar-refractivity contribution in [3.63, 3.8) is 0 Å². The van der Waals surface area contributed by atoms with Gasteiger partial charge in [-0.15, -0.1) is 11.3 Å². The van der Waals surface area contributed by atoms with E-state index < -0.39 is 0 Å². The Hall–Kier alpha value is -5.32. The Labute approximate surface area is 249 Å². The first kappa shape index (κ1) is 24.5. The number of benzene rings is 6. The van der Waals surface area contributed by atoms with Gasteiger partial charge in [0.15, 0.2) is 0 Å². The Morgan fingerprint density at radius 2 is 1.38 bits per heavy atom. The van der Waals surface area contributed by atoms with E-state index in [1.807, 2.05) is 0 Å². The fraction of sp³-hybridized carbons (Fsp3) is 0. The summed E-state index contributed by atoms with van der Waals surface area (Å²) in [6, 6.07) is 47.3. The summed E-state index contributed by atoms with van der Waals surface area (Å²) in [5.41, 5.74) is 10.2. The van der Waals surface area contributed by atoms with Crippen molar-refractivity contribution in [1.82, 2.24) is 0 Å². The monoisotopic (exact) mass is 557 g/mol. The smallest absolute Gasteiger partial charge is 0.0647 e. The van der Waals surface area contributed by atoms with Crippen LogP contribution in [0.5, 0.6) is 0 Å². The number of para-hydroxylation sites is 2. The second-order valence-electron chi connectivity index (χ2n) is 10.4. The summed E-state index contributed by atoms with van der Waals surface area (Å²) in [6.07, 6.45) is 4.37. The topological polar surface area (TPSA) is 27.3 Å². The third kappa shape index (κ3) is 4.30. The van der Waals surface area contributed by atoms with Crippen LogP contribution in [0.2, 0.25) is 0 Å². The lowest BCUT2D eigenvalue weighted by Crippen LogP contribution is -2.09. The fourth-order valence-corrected chi connectivity index (χ4v) is 6.81. The zero-order valence-corrected chi connectivity index (χ0v) is 23.6. The van der Waals surface area contributed by atoms with Crippen LogP contribution in [0.3, 0.4) is 0 Å². The number of hydrogen-bond acceptors (Lipinski definition) is 4. The molecule has 0 bridgehead atoms. The van der Waals surface area contributed by atoms with Gasteiger partial charge in [-0.25, -0.2) is 0 Å². The predicted octanol–water partition coefficient (Wildman–Crippen LogP) is 11.5. The molecule has 0 fully saturated rings. The zero-order chi connectivity index (χ0) is 27.9. The van der Waals surface area contributed by atoms with Gasteiger partial charge in [-0.2, -0.15) is 0 Å². The molecule has 1 aromatic heterocycles. The molecule has 0 saturated heterocycles. The first-order chi connectivity index (χ1) is 20.8. The fourth-order valence-electron chi connectivity index (χ4n) is 5.85. The van der Waals surface area contributed by atoms with Crippen molar-refractivity contribution in [1.29, 1.82) is 0 Å². The van der Waals surface area contributed by atoms with Crippen molar-refractivity contribution in [2.24, 2.45) is 0 Å². The first-order valence-corrected chi connectivity index (χ1v) is 15.0. The molecular weight excluding hydrogens is 531 g/mol. The summed E-state index contributed by atoms with van der Waals surface area (Å²) in [7, 11) is 0. The first-order valence-electron chi connectivity index (χ1n) is 14.1. The highest BCUT2D eigenvalue weighted by molar-refractivity contribution is 7.17. The molecule has 3 nitrogen and oxygen atoms in total. The van der Waals surface area contributed by atoms with Gasteiger partial charge in [-0.1, -0.05) is 91.0 Å². The normalized spacial score (nSPS) is 11.9. The second kappa shape index (κ2) is 10.3. The molecule has 7 aromatic rings. The molecule has 6 aromatic carbocycles. The minimum absolute atomic E-state index is 1.07. The minimum Gasteiger partial charge on any atom is -0.355 e. The Morgan fingerprint density at radius 1 is 0.595 bits per heavy atom. The van der Waals surface area contributed by atoms with E-state index in [2.05, 4.69) is 167 Å². The quantitative estimate of drug-likeness (QED) is 0.220. The number of nitrogens with one attached hydrogen (secondary N) is 2. The van der Waals surface area contributed by atoms with Crippen molar-refractivity contribution in [2.45, 2.75) is 0 Å². The minimum atomic E-state index is 1.07. The van der Waals surface area contributed by atoms with Gasteiger partial charge in [0.2, 0.25) is 0 Å². The molecule has 42 heavy (non-hydrogen) atoms. The number of anilines is 7. The van der Waals surface area contributed by atoms with Gasteiger partial charge in [-0.05, 0) is 65.5 Å². The van der Waals surface area contributed by atoms with E-state index in [0.717, 1.165) is 34.0 Å². The van der Waals surface area contributed by atoms with E-state index in [1.54, 1.807) is 11.3 Å². The molecule has 1 aliphatic heterocycles. The highest BCUT2D eigenvalue weighted by atomic mass is 32.1. The van der Waals surface area contributed by atoms with E-state index in [0.29, 0.717) is 0 Å². The number of nitrogens with zero attached hydrogens (tertiary/aromatic N) is 1. The summed E-state index contributed by atoms with van der Waals surface area (Å²) >= 11 is 1.78. The van der Waals surface area contributed by atoms with Crippen molar-refractivity contribution >= 4 is 84.2 Å². The largest absolute Gasteiger partial charge is 0.355 e. The van der Waals surface area contributed by atoms with Crippen LogP contribution in [0.25, 0.3) is 33.0 Å². The Kier molecular flexibility index (Phi) is 5.98.